The molecule has 110 valence electrons. The van der Waals surface area contributed by atoms with E-state index in [4.69, 9.17) is 21.4 Å². The summed E-state index contributed by atoms with van der Waals surface area (Å²) >= 11 is 5.81. The maximum atomic E-state index is 11.1. The molecule has 2 atom stereocenters. The lowest BCUT2D eigenvalue weighted by Gasteiger charge is -2.37. The first-order valence-electron chi connectivity index (χ1n) is 6.40. The molecule has 0 saturated carbocycles. The molecule has 1 aromatic rings. The molecule has 1 saturated heterocycles. The van der Waals surface area contributed by atoms with Crippen LogP contribution in [0.15, 0.2) is 18.2 Å². The number of rotatable bonds is 4. The topological polar surface area (TPSA) is 75.8 Å². The highest BCUT2D eigenvalue weighted by molar-refractivity contribution is 6.30. The van der Waals surface area contributed by atoms with E-state index in [1.807, 2.05) is 6.92 Å². The van der Waals surface area contributed by atoms with Crippen molar-refractivity contribution < 1.29 is 14.8 Å². The third-order valence-electron chi connectivity index (χ3n) is 3.46. The third-order valence-corrected chi connectivity index (χ3v) is 3.69. The molecule has 1 aliphatic rings. The summed E-state index contributed by atoms with van der Waals surface area (Å²) in [6.45, 7) is 3.44. The molecule has 0 spiro atoms. The largest absolute Gasteiger partial charge is 0.394 e. The summed E-state index contributed by atoms with van der Waals surface area (Å²) < 4.78 is 5.46. The maximum Gasteiger partial charge on any atom is 0.275 e. The van der Waals surface area contributed by atoms with Crippen molar-refractivity contribution in [3.8, 4) is 0 Å². The molecule has 1 N–H and O–H groups in total. The predicted molar refractivity (Wildman–Crippen MR) is 74.8 cm³/mol. The number of morpholine rings is 1. The minimum atomic E-state index is -0.421. The number of hydrogen-bond donors (Lipinski definition) is 1. The van der Waals surface area contributed by atoms with Crippen LogP contribution in [0.25, 0.3) is 0 Å². The second kappa shape index (κ2) is 6.49. The Labute approximate surface area is 122 Å². The zero-order valence-corrected chi connectivity index (χ0v) is 11.9. The molecule has 7 heteroatoms. The van der Waals surface area contributed by atoms with Crippen LogP contribution in [0.3, 0.4) is 0 Å². The molecule has 2 rings (SSSR count). The normalized spacial score (nSPS) is 23.8. The highest BCUT2D eigenvalue weighted by atomic mass is 35.5. The first-order chi connectivity index (χ1) is 9.51. The van der Waals surface area contributed by atoms with Crippen molar-refractivity contribution in [1.29, 1.82) is 0 Å². The highest BCUT2D eigenvalue weighted by Crippen LogP contribution is 2.26. The van der Waals surface area contributed by atoms with Gasteiger partial charge in [0.25, 0.3) is 5.69 Å². The summed E-state index contributed by atoms with van der Waals surface area (Å²) in [5.41, 5.74) is 0.640. The van der Waals surface area contributed by atoms with Crippen molar-refractivity contribution in [2.24, 2.45) is 0 Å². The fourth-order valence-electron chi connectivity index (χ4n) is 2.27. The van der Waals surface area contributed by atoms with Crippen LogP contribution in [0.4, 0.5) is 5.69 Å². The Bertz CT molecular complexity index is 497. The average Bonchev–Trinajstić information content (AvgIpc) is 2.42. The quantitative estimate of drug-likeness (QED) is 0.678. The van der Waals surface area contributed by atoms with E-state index in [1.54, 1.807) is 12.1 Å². The van der Waals surface area contributed by atoms with Crippen LogP contribution < -0.4 is 0 Å². The monoisotopic (exact) mass is 300 g/mol. The number of hydrogen-bond acceptors (Lipinski definition) is 5. The summed E-state index contributed by atoms with van der Waals surface area (Å²) in [6.07, 6.45) is -0.238. The van der Waals surface area contributed by atoms with Crippen LogP contribution in [-0.2, 0) is 11.3 Å². The molecule has 1 heterocycles. The van der Waals surface area contributed by atoms with Gasteiger partial charge in [0.1, 0.15) is 0 Å². The zero-order chi connectivity index (χ0) is 14.7. The van der Waals surface area contributed by atoms with Gasteiger partial charge in [-0.1, -0.05) is 11.6 Å². The molecule has 0 amide bonds. The van der Waals surface area contributed by atoms with Crippen LogP contribution >= 0.6 is 11.6 Å². The van der Waals surface area contributed by atoms with Gasteiger partial charge in [0.15, 0.2) is 0 Å². The van der Waals surface area contributed by atoms with Crippen molar-refractivity contribution in [3.05, 3.63) is 38.9 Å². The standard InChI is InChI=1S/C13H17ClN2O4/c1-9-8-20-12(7-17)6-15(9)5-10-2-3-11(14)4-13(10)16(18)19/h2-4,9,12,17H,5-8H2,1H3. The molecular weight excluding hydrogens is 284 g/mol. The Balaban J connectivity index is 2.18. The van der Waals surface area contributed by atoms with Gasteiger partial charge < -0.3 is 9.84 Å². The molecular formula is C13H17ClN2O4. The van der Waals surface area contributed by atoms with Gasteiger partial charge in [-0.3, -0.25) is 15.0 Å². The first kappa shape index (κ1) is 15.2. The van der Waals surface area contributed by atoms with Crippen LogP contribution in [0.2, 0.25) is 5.02 Å². The van der Waals surface area contributed by atoms with Gasteiger partial charge in [0, 0.05) is 35.8 Å². The summed E-state index contributed by atoms with van der Waals surface area (Å²) in [6, 6.07) is 4.84. The van der Waals surface area contributed by atoms with Gasteiger partial charge in [-0.15, -0.1) is 0 Å². The number of nitro groups is 1. The van der Waals surface area contributed by atoms with Gasteiger partial charge in [-0.05, 0) is 19.1 Å². The highest BCUT2D eigenvalue weighted by Gasteiger charge is 2.27. The fraction of sp³-hybridized carbons (Fsp3) is 0.538. The van der Waals surface area contributed by atoms with E-state index in [1.165, 1.54) is 6.07 Å². The number of aliphatic hydroxyl groups excluding tert-OH is 1. The van der Waals surface area contributed by atoms with Crippen molar-refractivity contribution in [3.63, 3.8) is 0 Å². The first-order valence-corrected chi connectivity index (χ1v) is 6.78. The molecule has 0 aliphatic carbocycles. The van der Waals surface area contributed by atoms with E-state index < -0.39 is 4.92 Å². The van der Waals surface area contributed by atoms with Gasteiger partial charge >= 0.3 is 0 Å². The van der Waals surface area contributed by atoms with Crippen molar-refractivity contribution in [1.82, 2.24) is 4.90 Å². The van der Waals surface area contributed by atoms with Gasteiger partial charge in [0.2, 0.25) is 0 Å². The molecule has 20 heavy (non-hydrogen) atoms. The number of benzene rings is 1. The predicted octanol–water partition coefficient (Wildman–Crippen LogP) is 1.83. The Hall–Kier alpha value is -1.21. The Morgan fingerprint density at radius 3 is 3.00 bits per heavy atom. The third kappa shape index (κ3) is 3.46. The van der Waals surface area contributed by atoms with E-state index >= 15 is 0 Å². The van der Waals surface area contributed by atoms with E-state index in [0.717, 1.165) is 0 Å². The number of nitrogens with zero attached hydrogens (tertiary/aromatic N) is 2. The number of nitro benzene ring substituents is 1. The molecule has 2 unspecified atom stereocenters. The van der Waals surface area contributed by atoms with Gasteiger partial charge in [0.05, 0.1) is 24.2 Å². The van der Waals surface area contributed by atoms with Crippen molar-refractivity contribution in [2.75, 3.05) is 19.8 Å². The Morgan fingerprint density at radius 2 is 2.35 bits per heavy atom. The second-order valence-electron chi connectivity index (χ2n) is 4.95. The van der Waals surface area contributed by atoms with Crippen LogP contribution in [-0.4, -0.2) is 46.8 Å². The lowest BCUT2D eigenvalue weighted by atomic mass is 10.1. The lowest BCUT2D eigenvalue weighted by molar-refractivity contribution is -0.385. The van der Waals surface area contributed by atoms with Crippen LogP contribution in [0, 0.1) is 10.1 Å². The molecule has 1 aromatic carbocycles. The van der Waals surface area contributed by atoms with Crippen molar-refractivity contribution >= 4 is 17.3 Å². The van der Waals surface area contributed by atoms with Crippen LogP contribution in [0.1, 0.15) is 12.5 Å². The molecule has 0 bridgehead atoms. The molecule has 0 aromatic heterocycles. The minimum absolute atomic E-state index is 0.0248. The van der Waals surface area contributed by atoms with E-state index in [9.17, 15) is 10.1 Å². The van der Waals surface area contributed by atoms with Crippen LogP contribution in [0.5, 0.6) is 0 Å². The van der Waals surface area contributed by atoms with Gasteiger partial charge in [-0.25, -0.2) is 0 Å². The minimum Gasteiger partial charge on any atom is -0.394 e. The summed E-state index contributed by atoms with van der Waals surface area (Å²) in [5.74, 6) is 0. The fourth-order valence-corrected chi connectivity index (χ4v) is 2.43. The summed E-state index contributed by atoms with van der Waals surface area (Å²) in [5, 5.41) is 20.6. The number of halogens is 1. The molecule has 1 fully saturated rings. The SMILES string of the molecule is CC1COC(CO)CN1Cc1ccc(Cl)cc1[N+](=O)[O-]. The number of aliphatic hydroxyl groups is 1. The molecule has 0 radical (unpaired) electrons. The Kier molecular flexibility index (Phi) is 4.93. The Morgan fingerprint density at radius 1 is 1.60 bits per heavy atom. The van der Waals surface area contributed by atoms with E-state index in [-0.39, 0.29) is 24.4 Å². The summed E-state index contributed by atoms with van der Waals surface area (Å²) in [4.78, 5) is 12.7. The molecule has 6 nitrogen and oxygen atoms in total. The zero-order valence-electron chi connectivity index (χ0n) is 11.2. The van der Waals surface area contributed by atoms with E-state index in [2.05, 4.69) is 4.90 Å². The van der Waals surface area contributed by atoms with Crippen molar-refractivity contribution in [2.45, 2.75) is 25.6 Å². The number of ether oxygens (including phenoxy) is 1. The summed E-state index contributed by atoms with van der Waals surface area (Å²) in [7, 11) is 0. The molecule has 1 aliphatic heterocycles. The smallest absolute Gasteiger partial charge is 0.275 e. The van der Waals surface area contributed by atoms with E-state index in [0.29, 0.717) is 30.3 Å². The maximum absolute atomic E-state index is 11.1. The lowest BCUT2D eigenvalue weighted by Crippen LogP contribution is -2.48. The average molecular weight is 301 g/mol. The van der Waals surface area contributed by atoms with Gasteiger partial charge in [-0.2, -0.15) is 0 Å². The second-order valence-corrected chi connectivity index (χ2v) is 5.38.